The van der Waals surface area contributed by atoms with Gasteiger partial charge in [0.25, 0.3) is 11.8 Å². The lowest BCUT2D eigenvalue weighted by molar-refractivity contribution is 0.0949. The van der Waals surface area contributed by atoms with Gasteiger partial charge in [0.2, 0.25) is 0 Å². The van der Waals surface area contributed by atoms with E-state index in [1.807, 2.05) is 6.07 Å². The second-order valence-electron chi connectivity index (χ2n) is 5.08. The third kappa shape index (κ3) is 4.91. The Hall–Kier alpha value is -2.18. The Kier molecular flexibility index (Phi) is 6.96. The summed E-state index contributed by atoms with van der Waals surface area (Å²) in [4.78, 5) is 24.7. The van der Waals surface area contributed by atoms with Gasteiger partial charge >= 0.3 is 0 Å². The zero-order valence-electron chi connectivity index (χ0n) is 13.3. The largest absolute Gasteiger partial charge is 0.385 e. The van der Waals surface area contributed by atoms with Gasteiger partial charge in [-0.25, -0.2) is 0 Å². The summed E-state index contributed by atoms with van der Waals surface area (Å²) in [5, 5.41) is 5.61. The first-order valence-electron chi connectivity index (χ1n) is 7.55. The summed E-state index contributed by atoms with van der Waals surface area (Å²) in [6.07, 6.45) is 0.730. The van der Waals surface area contributed by atoms with E-state index in [0.717, 1.165) is 6.42 Å². The molecule has 0 aliphatic rings. The van der Waals surface area contributed by atoms with Crippen molar-refractivity contribution in [1.29, 1.82) is 0 Å². The third-order valence-electron chi connectivity index (χ3n) is 3.35. The van der Waals surface area contributed by atoms with Gasteiger partial charge in [0, 0.05) is 24.7 Å². The van der Waals surface area contributed by atoms with E-state index in [1.165, 1.54) is 0 Å². The molecule has 6 heteroatoms. The maximum atomic E-state index is 12.4. The lowest BCUT2D eigenvalue weighted by Gasteiger charge is -2.12. The van der Waals surface area contributed by atoms with Gasteiger partial charge in [-0.2, -0.15) is 0 Å². The molecule has 0 fully saturated rings. The molecule has 0 aliphatic carbocycles. The van der Waals surface area contributed by atoms with Gasteiger partial charge in [0.15, 0.2) is 0 Å². The minimum Gasteiger partial charge on any atom is -0.385 e. The number of methoxy groups -OCH3 is 1. The van der Waals surface area contributed by atoms with Crippen molar-refractivity contribution in [1.82, 2.24) is 5.32 Å². The minimum absolute atomic E-state index is 0.228. The minimum atomic E-state index is -0.276. The Bertz CT molecular complexity index is 719. The number of nitrogens with one attached hydrogen (secondary N) is 2. The highest BCUT2D eigenvalue weighted by molar-refractivity contribution is 9.10. The van der Waals surface area contributed by atoms with Crippen LogP contribution in [-0.2, 0) is 4.74 Å². The van der Waals surface area contributed by atoms with E-state index in [9.17, 15) is 9.59 Å². The van der Waals surface area contributed by atoms with Crippen LogP contribution in [0.25, 0.3) is 0 Å². The summed E-state index contributed by atoms with van der Waals surface area (Å²) in [6, 6.07) is 14.1. The molecule has 5 nitrogen and oxygen atoms in total. The van der Waals surface area contributed by atoms with Crippen molar-refractivity contribution >= 4 is 33.4 Å². The average Bonchev–Trinajstić information content (AvgIpc) is 2.59. The van der Waals surface area contributed by atoms with E-state index in [2.05, 4.69) is 26.6 Å². The van der Waals surface area contributed by atoms with E-state index in [1.54, 1.807) is 49.6 Å². The van der Waals surface area contributed by atoms with Gasteiger partial charge in [-0.1, -0.05) is 24.3 Å². The summed E-state index contributed by atoms with van der Waals surface area (Å²) >= 11 is 3.35. The molecule has 0 aromatic heterocycles. The van der Waals surface area contributed by atoms with Crippen LogP contribution in [0.15, 0.2) is 53.0 Å². The number of carbonyl (C=O) groups is 2. The fourth-order valence-corrected chi connectivity index (χ4v) is 2.60. The molecule has 24 heavy (non-hydrogen) atoms. The number of para-hydroxylation sites is 1. The summed E-state index contributed by atoms with van der Waals surface area (Å²) in [6.45, 7) is 1.10. The fraction of sp³-hybridized carbons (Fsp3) is 0.222. The number of hydrogen-bond donors (Lipinski definition) is 2. The molecule has 0 spiro atoms. The highest BCUT2D eigenvalue weighted by Gasteiger charge is 2.15. The molecule has 2 aromatic carbocycles. The number of benzene rings is 2. The van der Waals surface area contributed by atoms with Crippen molar-refractivity contribution in [3.63, 3.8) is 0 Å². The highest BCUT2D eigenvalue weighted by Crippen LogP contribution is 2.20. The lowest BCUT2D eigenvalue weighted by Crippen LogP contribution is -2.26. The first-order chi connectivity index (χ1) is 11.6. The van der Waals surface area contributed by atoms with E-state index in [4.69, 9.17) is 4.74 Å². The van der Waals surface area contributed by atoms with Gasteiger partial charge < -0.3 is 15.4 Å². The standard InChI is InChI=1S/C18H19BrN2O3/c1-24-12-6-11-20-17(22)14-8-3-5-10-16(14)21-18(23)13-7-2-4-9-15(13)19/h2-5,7-10H,6,11-12H2,1H3,(H,20,22)(H,21,23). The number of ether oxygens (including phenoxy) is 1. The molecule has 0 unspecified atom stereocenters. The monoisotopic (exact) mass is 390 g/mol. The summed E-state index contributed by atoms with van der Waals surface area (Å²) in [5.41, 5.74) is 1.41. The second-order valence-corrected chi connectivity index (χ2v) is 5.94. The third-order valence-corrected chi connectivity index (χ3v) is 4.04. The Labute approximate surface area is 149 Å². The molecule has 2 aromatic rings. The zero-order chi connectivity index (χ0) is 17.4. The van der Waals surface area contributed by atoms with Crippen molar-refractivity contribution in [3.8, 4) is 0 Å². The molecule has 0 saturated heterocycles. The first kappa shape index (κ1) is 18.2. The van der Waals surface area contributed by atoms with Crippen molar-refractivity contribution < 1.29 is 14.3 Å². The average molecular weight is 391 g/mol. The van der Waals surface area contributed by atoms with Gasteiger partial charge in [-0.3, -0.25) is 9.59 Å². The topological polar surface area (TPSA) is 67.4 Å². The van der Waals surface area contributed by atoms with Crippen LogP contribution in [0.5, 0.6) is 0 Å². The summed E-state index contributed by atoms with van der Waals surface area (Å²) in [7, 11) is 1.62. The SMILES string of the molecule is COCCCNC(=O)c1ccccc1NC(=O)c1ccccc1Br. The molecule has 0 radical (unpaired) electrons. The molecule has 0 saturated carbocycles. The summed E-state index contributed by atoms with van der Waals surface area (Å²) < 4.78 is 5.65. The number of hydrogen-bond acceptors (Lipinski definition) is 3. The highest BCUT2D eigenvalue weighted by atomic mass is 79.9. The maximum Gasteiger partial charge on any atom is 0.256 e. The maximum absolute atomic E-state index is 12.4. The quantitative estimate of drug-likeness (QED) is 0.711. The normalized spacial score (nSPS) is 10.2. The molecular weight excluding hydrogens is 372 g/mol. The Morgan fingerprint density at radius 2 is 1.67 bits per heavy atom. The number of carbonyl (C=O) groups excluding carboxylic acids is 2. The molecular formula is C18H19BrN2O3. The number of rotatable bonds is 7. The van der Waals surface area contributed by atoms with Gasteiger partial charge in [0.05, 0.1) is 16.8 Å². The molecule has 0 heterocycles. The van der Waals surface area contributed by atoms with Crippen LogP contribution in [0, 0.1) is 0 Å². The van der Waals surface area contributed by atoms with Gasteiger partial charge in [-0.05, 0) is 46.6 Å². The Morgan fingerprint density at radius 1 is 1.00 bits per heavy atom. The molecule has 2 rings (SSSR count). The fourth-order valence-electron chi connectivity index (χ4n) is 2.14. The van der Waals surface area contributed by atoms with Crippen molar-refractivity contribution in [2.24, 2.45) is 0 Å². The number of amides is 2. The number of halogens is 1. The van der Waals surface area contributed by atoms with Crippen LogP contribution in [0.2, 0.25) is 0 Å². The van der Waals surface area contributed by atoms with Crippen LogP contribution in [0.4, 0.5) is 5.69 Å². The van der Waals surface area contributed by atoms with Crippen LogP contribution in [-0.4, -0.2) is 32.1 Å². The second kappa shape index (κ2) is 9.20. The smallest absolute Gasteiger partial charge is 0.256 e. The number of anilines is 1. The van der Waals surface area contributed by atoms with Crippen LogP contribution >= 0.6 is 15.9 Å². The lowest BCUT2D eigenvalue weighted by atomic mass is 10.1. The van der Waals surface area contributed by atoms with E-state index in [0.29, 0.717) is 34.4 Å². The van der Waals surface area contributed by atoms with Crippen LogP contribution in [0.3, 0.4) is 0 Å². The molecule has 2 amide bonds. The van der Waals surface area contributed by atoms with Crippen molar-refractivity contribution in [2.75, 3.05) is 25.6 Å². The zero-order valence-corrected chi connectivity index (χ0v) is 14.9. The van der Waals surface area contributed by atoms with Gasteiger partial charge in [0.1, 0.15) is 0 Å². The molecule has 0 bridgehead atoms. The predicted molar refractivity (Wildman–Crippen MR) is 97.4 cm³/mol. The van der Waals surface area contributed by atoms with Crippen molar-refractivity contribution in [2.45, 2.75) is 6.42 Å². The Balaban J connectivity index is 2.10. The first-order valence-corrected chi connectivity index (χ1v) is 8.35. The molecule has 0 aliphatic heterocycles. The molecule has 2 N–H and O–H groups in total. The van der Waals surface area contributed by atoms with E-state index in [-0.39, 0.29) is 11.8 Å². The predicted octanol–water partition coefficient (Wildman–Crippen LogP) is 3.47. The molecule has 0 atom stereocenters. The van der Waals surface area contributed by atoms with Crippen LogP contribution < -0.4 is 10.6 Å². The summed E-state index contributed by atoms with van der Waals surface area (Å²) in [5.74, 6) is -0.503. The van der Waals surface area contributed by atoms with E-state index >= 15 is 0 Å². The molecule has 126 valence electrons. The Morgan fingerprint density at radius 3 is 2.38 bits per heavy atom. The van der Waals surface area contributed by atoms with Crippen molar-refractivity contribution in [3.05, 3.63) is 64.1 Å². The van der Waals surface area contributed by atoms with Gasteiger partial charge in [-0.15, -0.1) is 0 Å². The van der Waals surface area contributed by atoms with Crippen LogP contribution in [0.1, 0.15) is 27.1 Å². The van der Waals surface area contributed by atoms with E-state index < -0.39 is 0 Å².